The Morgan fingerprint density at radius 1 is 1.11 bits per heavy atom. The van der Waals surface area contributed by atoms with E-state index >= 15 is 0 Å². The van der Waals surface area contributed by atoms with E-state index in [9.17, 15) is 9.59 Å². The quantitative estimate of drug-likeness (QED) is 0.345. The molecule has 0 bridgehead atoms. The lowest BCUT2D eigenvalue weighted by Gasteiger charge is -2.25. The first-order valence-electron chi connectivity index (χ1n) is 11.1. The molecule has 0 saturated carbocycles. The minimum atomic E-state index is -0.745. The number of allylic oxidation sites excluding steroid dienone is 1. The molecule has 186 valence electrons. The van der Waals surface area contributed by atoms with E-state index < -0.39 is 12.0 Å². The van der Waals surface area contributed by atoms with Crippen molar-refractivity contribution >= 4 is 23.4 Å². The van der Waals surface area contributed by atoms with Crippen molar-refractivity contribution < 1.29 is 23.7 Å². The van der Waals surface area contributed by atoms with E-state index in [1.165, 1.54) is 30.1 Å². The van der Waals surface area contributed by atoms with E-state index in [4.69, 9.17) is 18.9 Å². The average Bonchev–Trinajstić information content (AvgIpc) is 3.20. The molecule has 3 aromatic rings. The largest absolute Gasteiger partial charge is 0.493 e. The fourth-order valence-corrected chi connectivity index (χ4v) is 5.04. The molecule has 1 aromatic heterocycles. The number of aromatic nitrogens is 1. The molecule has 0 aliphatic carbocycles. The molecule has 0 spiro atoms. The molecule has 0 fully saturated rings. The summed E-state index contributed by atoms with van der Waals surface area (Å²) < 4.78 is 23.4. The Bertz CT molecular complexity index is 1520. The normalized spacial score (nSPS) is 15.1. The Kier molecular flexibility index (Phi) is 7.40. The van der Waals surface area contributed by atoms with Gasteiger partial charge in [-0.05, 0) is 48.4 Å². The second kappa shape index (κ2) is 10.7. The van der Waals surface area contributed by atoms with Gasteiger partial charge in [-0.3, -0.25) is 9.36 Å². The Labute approximate surface area is 212 Å². The first-order chi connectivity index (χ1) is 17.4. The van der Waals surface area contributed by atoms with Gasteiger partial charge >= 0.3 is 5.97 Å². The van der Waals surface area contributed by atoms with Crippen LogP contribution in [0.4, 0.5) is 0 Å². The third-order valence-electron chi connectivity index (χ3n) is 5.70. The third kappa shape index (κ3) is 4.70. The number of benzene rings is 2. The van der Waals surface area contributed by atoms with Crippen LogP contribution >= 0.6 is 11.3 Å². The highest BCUT2D eigenvalue weighted by atomic mass is 32.1. The van der Waals surface area contributed by atoms with Crippen LogP contribution in [-0.2, 0) is 9.53 Å². The second-order valence-electron chi connectivity index (χ2n) is 7.86. The molecule has 8 nitrogen and oxygen atoms in total. The molecule has 4 rings (SSSR count). The summed E-state index contributed by atoms with van der Waals surface area (Å²) in [6.07, 6.45) is 3.47. The number of carbonyl (C=O) groups excluding carboxylic acids is 1. The van der Waals surface area contributed by atoms with Crippen LogP contribution < -0.4 is 29.1 Å². The van der Waals surface area contributed by atoms with Gasteiger partial charge in [0.25, 0.3) is 5.56 Å². The Morgan fingerprint density at radius 2 is 1.83 bits per heavy atom. The highest BCUT2D eigenvalue weighted by molar-refractivity contribution is 7.07. The highest BCUT2D eigenvalue weighted by Gasteiger charge is 2.33. The number of carbonyl (C=O) groups is 1. The van der Waals surface area contributed by atoms with Crippen molar-refractivity contribution in [2.75, 3.05) is 27.9 Å². The van der Waals surface area contributed by atoms with Crippen molar-refractivity contribution in [3.05, 3.63) is 97.2 Å². The van der Waals surface area contributed by atoms with Gasteiger partial charge in [0.2, 0.25) is 0 Å². The van der Waals surface area contributed by atoms with E-state index in [0.717, 1.165) is 5.56 Å². The maximum Gasteiger partial charge on any atom is 0.338 e. The summed E-state index contributed by atoms with van der Waals surface area (Å²) in [6.45, 7) is 5.79. The molecule has 0 radical (unpaired) electrons. The van der Waals surface area contributed by atoms with Crippen molar-refractivity contribution in [1.29, 1.82) is 0 Å². The lowest BCUT2D eigenvalue weighted by molar-refractivity contribution is -0.136. The first-order valence-corrected chi connectivity index (χ1v) is 11.9. The molecule has 1 aliphatic rings. The number of ether oxygens (including phenoxy) is 4. The lowest BCUT2D eigenvalue weighted by Crippen LogP contribution is -2.39. The molecule has 1 atom stereocenters. The number of fused-ring (bicyclic) bond motifs is 1. The Balaban J connectivity index is 1.88. The summed E-state index contributed by atoms with van der Waals surface area (Å²) in [5.41, 5.74) is 2.00. The van der Waals surface area contributed by atoms with Crippen LogP contribution in [0.3, 0.4) is 0 Å². The number of esters is 1. The monoisotopic (exact) mass is 506 g/mol. The fourth-order valence-electron chi connectivity index (χ4n) is 4.00. The van der Waals surface area contributed by atoms with E-state index in [1.54, 1.807) is 44.4 Å². The van der Waals surface area contributed by atoms with E-state index in [2.05, 4.69) is 11.6 Å². The SMILES string of the molecule is C=CCOc1ccc(/C=c2\sc3n(c2=O)[C@H](c2ccc(OC)c(OC)c2)C(C(=O)OC)=C(C)N=3)cc1. The van der Waals surface area contributed by atoms with Crippen LogP contribution in [0.2, 0.25) is 0 Å². The summed E-state index contributed by atoms with van der Waals surface area (Å²) in [6, 6.07) is 11.9. The summed E-state index contributed by atoms with van der Waals surface area (Å²) >= 11 is 1.26. The highest BCUT2D eigenvalue weighted by Crippen LogP contribution is 2.35. The molecule has 2 heterocycles. The lowest BCUT2D eigenvalue weighted by atomic mass is 9.95. The van der Waals surface area contributed by atoms with Crippen molar-refractivity contribution in [3.8, 4) is 17.2 Å². The molecular weight excluding hydrogens is 480 g/mol. The van der Waals surface area contributed by atoms with Gasteiger partial charge in [-0.2, -0.15) is 0 Å². The van der Waals surface area contributed by atoms with Crippen LogP contribution in [0.15, 0.2) is 76.2 Å². The van der Waals surface area contributed by atoms with Crippen LogP contribution in [0.1, 0.15) is 24.1 Å². The van der Waals surface area contributed by atoms with E-state index in [-0.39, 0.29) is 11.1 Å². The average molecular weight is 507 g/mol. The predicted molar refractivity (Wildman–Crippen MR) is 137 cm³/mol. The third-order valence-corrected chi connectivity index (χ3v) is 6.68. The molecule has 1 aliphatic heterocycles. The smallest absolute Gasteiger partial charge is 0.338 e. The fraction of sp³-hybridized carbons (Fsp3) is 0.222. The molecule has 2 aromatic carbocycles. The standard InChI is InChI=1S/C27H26N2O6S/c1-6-13-35-19-10-7-17(8-11-19)14-22-25(30)29-24(18-9-12-20(32-3)21(15-18)33-4)23(26(31)34-5)16(2)28-27(29)36-22/h6-12,14-15,24H,1,13H2,2-5H3/b22-14-/t24-/m1/s1. The van der Waals surface area contributed by atoms with Gasteiger partial charge in [0.15, 0.2) is 16.3 Å². The summed E-state index contributed by atoms with van der Waals surface area (Å²) in [7, 11) is 4.38. The van der Waals surface area contributed by atoms with Gasteiger partial charge < -0.3 is 18.9 Å². The molecule has 0 saturated heterocycles. The molecule has 9 heteroatoms. The number of nitrogens with zero attached hydrogens (tertiary/aromatic N) is 2. The van der Waals surface area contributed by atoms with Crippen molar-refractivity contribution in [2.24, 2.45) is 4.99 Å². The van der Waals surface area contributed by atoms with E-state index in [0.29, 0.717) is 44.4 Å². The molecule has 36 heavy (non-hydrogen) atoms. The number of rotatable bonds is 8. The van der Waals surface area contributed by atoms with E-state index in [1.807, 2.05) is 24.3 Å². The molecule has 0 amide bonds. The van der Waals surface area contributed by atoms with Gasteiger partial charge in [0.05, 0.1) is 43.2 Å². The van der Waals surface area contributed by atoms with Crippen LogP contribution in [0.25, 0.3) is 6.08 Å². The minimum absolute atomic E-state index is 0.264. The maximum atomic E-state index is 13.7. The summed E-state index contributed by atoms with van der Waals surface area (Å²) in [5.74, 6) is 1.17. The number of hydrogen-bond acceptors (Lipinski definition) is 8. The van der Waals surface area contributed by atoms with Crippen molar-refractivity contribution in [2.45, 2.75) is 13.0 Å². The van der Waals surface area contributed by atoms with Crippen molar-refractivity contribution in [1.82, 2.24) is 4.57 Å². The van der Waals surface area contributed by atoms with Crippen molar-refractivity contribution in [3.63, 3.8) is 0 Å². The van der Waals surface area contributed by atoms with Gasteiger partial charge in [-0.15, -0.1) is 0 Å². The van der Waals surface area contributed by atoms with Crippen LogP contribution in [-0.4, -0.2) is 38.5 Å². The second-order valence-corrected chi connectivity index (χ2v) is 8.87. The van der Waals surface area contributed by atoms with Gasteiger partial charge in [-0.1, -0.05) is 42.2 Å². The summed E-state index contributed by atoms with van der Waals surface area (Å²) in [5, 5.41) is 0. The predicted octanol–water partition coefficient (Wildman–Crippen LogP) is 2.99. The van der Waals surface area contributed by atoms with Crippen LogP contribution in [0, 0.1) is 0 Å². The Morgan fingerprint density at radius 3 is 2.47 bits per heavy atom. The number of thiazole rings is 1. The number of hydrogen-bond donors (Lipinski definition) is 0. The molecule has 0 N–H and O–H groups in total. The molecular formula is C27H26N2O6S. The minimum Gasteiger partial charge on any atom is -0.493 e. The topological polar surface area (TPSA) is 88.3 Å². The Hall–Kier alpha value is -4.11. The van der Waals surface area contributed by atoms with Crippen LogP contribution in [0.5, 0.6) is 17.2 Å². The van der Waals surface area contributed by atoms with Gasteiger partial charge in [0.1, 0.15) is 12.4 Å². The number of methoxy groups -OCH3 is 3. The van der Waals surface area contributed by atoms with Gasteiger partial charge in [0, 0.05) is 0 Å². The zero-order valence-electron chi connectivity index (χ0n) is 20.4. The zero-order chi connectivity index (χ0) is 25.8. The summed E-state index contributed by atoms with van der Waals surface area (Å²) in [4.78, 5) is 31.6. The van der Waals surface area contributed by atoms with Gasteiger partial charge in [-0.25, -0.2) is 9.79 Å². The maximum absolute atomic E-state index is 13.7. The zero-order valence-corrected chi connectivity index (χ0v) is 21.3. The first kappa shape index (κ1) is 25.0. The molecule has 0 unspecified atom stereocenters.